The van der Waals surface area contributed by atoms with Crippen molar-refractivity contribution in [3.63, 3.8) is 0 Å². The predicted molar refractivity (Wildman–Crippen MR) is 55.9 cm³/mol. The third kappa shape index (κ3) is 1.08. The molecule has 0 radical (unpaired) electrons. The summed E-state index contributed by atoms with van der Waals surface area (Å²) < 4.78 is 10.8. The monoisotopic (exact) mass is 200 g/mol. The molecule has 0 aliphatic carbocycles. The number of hydrogen-bond donors (Lipinski definition) is 0. The second-order valence-corrected chi connectivity index (χ2v) is 3.17. The first-order valence-corrected chi connectivity index (χ1v) is 4.55. The summed E-state index contributed by atoms with van der Waals surface area (Å²) in [7, 11) is 1.62. The largest absolute Gasteiger partial charge is 0.493 e. The lowest BCUT2D eigenvalue weighted by atomic mass is 10.2. The second kappa shape index (κ2) is 2.95. The van der Waals surface area contributed by atoms with E-state index in [4.69, 9.17) is 9.15 Å². The minimum absolute atomic E-state index is 0.678. The number of furan rings is 1. The highest BCUT2D eigenvalue weighted by molar-refractivity contribution is 6.04. The summed E-state index contributed by atoms with van der Waals surface area (Å²) in [5.74, 6) is 0.713. The average molecular weight is 200 g/mol. The molecule has 3 aromatic rings. The number of aromatic nitrogens is 2. The third-order valence-electron chi connectivity index (χ3n) is 2.34. The Morgan fingerprint density at radius 2 is 2.27 bits per heavy atom. The summed E-state index contributed by atoms with van der Waals surface area (Å²) >= 11 is 0. The lowest BCUT2D eigenvalue weighted by Crippen LogP contribution is -1.81. The maximum absolute atomic E-state index is 5.62. The fourth-order valence-electron chi connectivity index (χ4n) is 1.67. The van der Waals surface area contributed by atoms with Gasteiger partial charge in [0.15, 0.2) is 16.9 Å². The quantitative estimate of drug-likeness (QED) is 0.605. The molecule has 0 amide bonds. The van der Waals surface area contributed by atoms with Crippen molar-refractivity contribution < 1.29 is 9.15 Å². The van der Waals surface area contributed by atoms with Crippen LogP contribution in [-0.2, 0) is 0 Å². The molecule has 0 bridgehead atoms. The molecule has 0 N–H and O–H groups in total. The van der Waals surface area contributed by atoms with E-state index in [2.05, 4.69) is 9.97 Å². The molecule has 4 nitrogen and oxygen atoms in total. The molecule has 3 rings (SSSR count). The van der Waals surface area contributed by atoms with E-state index in [9.17, 15) is 0 Å². The van der Waals surface area contributed by atoms with E-state index in [1.807, 2.05) is 18.2 Å². The van der Waals surface area contributed by atoms with Crippen LogP contribution in [0.15, 0.2) is 35.1 Å². The number of ether oxygens (including phenoxy) is 1. The Balaban J connectivity index is 2.53. The number of rotatable bonds is 1. The van der Waals surface area contributed by atoms with Crippen LogP contribution in [0.3, 0.4) is 0 Å². The van der Waals surface area contributed by atoms with Crippen molar-refractivity contribution in [2.75, 3.05) is 7.11 Å². The first-order valence-electron chi connectivity index (χ1n) is 4.55. The Morgan fingerprint density at radius 3 is 3.13 bits per heavy atom. The minimum atomic E-state index is 0.678. The van der Waals surface area contributed by atoms with Gasteiger partial charge in [0.05, 0.1) is 18.7 Å². The van der Waals surface area contributed by atoms with Gasteiger partial charge in [0.1, 0.15) is 11.8 Å². The Kier molecular flexibility index (Phi) is 1.62. The van der Waals surface area contributed by atoms with Gasteiger partial charge in [-0.25, -0.2) is 9.97 Å². The van der Waals surface area contributed by atoms with Gasteiger partial charge < -0.3 is 9.15 Å². The first kappa shape index (κ1) is 8.23. The molecule has 74 valence electrons. The Morgan fingerprint density at radius 1 is 1.33 bits per heavy atom. The molecule has 1 aromatic carbocycles. The van der Waals surface area contributed by atoms with Crippen LogP contribution in [0.5, 0.6) is 5.75 Å². The molecule has 2 aromatic heterocycles. The number of benzene rings is 1. The summed E-state index contributed by atoms with van der Waals surface area (Å²) in [5, 5.41) is 0.951. The first-order chi connectivity index (χ1) is 7.40. The number of para-hydroxylation sites is 1. The molecule has 0 atom stereocenters. The zero-order valence-corrected chi connectivity index (χ0v) is 8.10. The van der Waals surface area contributed by atoms with Gasteiger partial charge in [0.2, 0.25) is 0 Å². The number of hydrogen-bond acceptors (Lipinski definition) is 4. The molecular formula is C11H8N2O2. The van der Waals surface area contributed by atoms with Crippen LogP contribution in [0.25, 0.3) is 22.1 Å². The van der Waals surface area contributed by atoms with E-state index in [0.717, 1.165) is 16.5 Å². The zero-order valence-electron chi connectivity index (χ0n) is 8.10. The molecule has 0 saturated heterocycles. The SMILES string of the molecule is COc1cccc2c1oc1cncnc12. The highest BCUT2D eigenvalue weighted by Gasteiger charge is 2.11. The summed E-state index contributed by atoms with van der Waals surface area (Å²) in [5.41, 5.74) is 2.21. The van der Waals surface area contributed by atoms with Crippen LogP contribution in [0.2, 0.25) is 0 Å². The number of nitrogens with zero attached hydrogens (tertiary/aromatic N) is 2. The molecule has 0 aliphatic heterocycles. The van der Waals surface area contributed by atoms with Crippen LogP contribution in [0.1, 0.15) is 0 Å². The van der Waals surface area contributed by atoms with Crippen molar-refractivity contribution in [3.05, 3.63) is 30.7 Å². The second-order valence-electron chi connectivity index (χ2n) is 3.17. The topological polar surface area (TPSA) is 48.2 Å². The van der Waals surface area contributed by atoms with E-state index in [1.54, 1.807) is 13.3 Å². The van der Waals surface area contributed by atoms with E-state index >= 15 is 0 Å². The van der Waals surface area contributed by atoms with Crippen molar-refractivity contribution in [1.29, 1.82) is 0 Å². The average Bonchev–Trinajstić information content (AvgIpc) is 2.67. The Labute approximate surface area is 85.5 Å². The molecule has 15 heavy (non-hydrogen) atoms. The summed E-state index contributed by atoms with van der Waals surface area (Å²) in [6, 6.07) is 5.73. The molecule has 2 heterocycles. The van der Waals surface area contributed by atoms with E-state index < -0.39 is 0 Å². The zero-order chi connectivity index (χ0) is 10.3. The van der Waals surface area contributed by atoms with Gasteiger partial charge in [0, 0.05) is 0 Å². The van der Waals surface area contributed by atoms with Crippen molar-refractivity contribution >= 4 is 22.1 Å². The highest BCUT2D eigenvalue weighted by atomic mass is 16.5. The van der Waals surface area contributed by atoms with Crippen LogP contribution >= 0.6 is 0 Å². The van der Waals surface area contributed by atoms with Crippen LogP contribution in [-0.4, -0.2) is 17.1 Å². The van der Waals surface area contributed by atoms with Gasteiger partial charge in [-0.15, -0.1) is 0 Å². The van der Waals surface area contributed by atoms with Crippen molar-refractivity contribution in [2.24, 2.45) is 0 Å². The maximum Gasteiger partial charge on any atom is 0.178 e. The van der Waals surface area contributed by atoms with Crippen LogP contribution in [0.4, 0.5) is 0 Å². The Hall–Kier alpha value is -2.10. The fourth-order valence-corrected chi connectivity index (χ4v) is 1.67. The normalized spacial score (nSPS) is 11.0. The summed E-state index contributed by atoms with van der Waals surface area (Å²) in [4.78, 5) is 8.10. The minimum Gasteiger partial charge on any atom is -0.493 e. The molecule has 0 unspecified atom stereocenters. The van der Waals surface area contributed by atoms with Crippen LogP contribution < -0.4 is 4.74 Å². The summed E-state index contributed by atoms with van der Waals surface area (Å²) in [6.07, 6.45) is 3.17. The van der Waals surface area contributed by atoms with E-state index in [-0.39, 0.29) is 0 Å². The molecule has 0 spiro atoms. The lowest BCUT2D eigenvalue weighted by molar-refractivity contribution is 0.412. The third-order valence-corrected chi connectivity index (χ3v) is 2.34. The number of fused-ring (bicyclic) bond motifs is 3. The Bertz CT molecular complexity index is 631. The molecule has 4 heteroatoms. The lowest BCUT2D eigenvalue weighted by Gasteiger charge is -1.97. The molecular weight excluding hydrogens is 192 g/mol. The van der Waals surface area contributed by atoms with Gasteiger partial charge in [0.25, 0.3) is 0 Å². The fraction of sp³-hybridized carbons (Fsp3) is 0.0909. The smallest absolute Gasteiger partial charge is 0.178 e. The van der Waals surface area contributed by atoms with Gasteiger partial charge in [-0.2, -0.15) is 0 Å². The van der Waals surface area contributed by atoms with Crippen molar-refractivity contribution in [3.8, 4) is 5.75 Å². The van der Waals surface area contributed by atoms with Gasteiger partial charge in [-0.1, -0.05) is 6.07 Å². The summed E-state index contributed by atoms with van der Waals surface area (Å²) in [6.45, 7) is 0. The van der Waals surface area contributed by atoms with Gasteiger partial charge in [-0.05, 0) is 12.1 Å². The van der Waals surface area contributed by atoms with Gasteiger partial charge >= 0.3 is 0 Å². The predicted octanol–water partition coefficient (Wildman–Crippen LogP) is 2.38. The molecule has 0 aliphatic rings. The number of methoxy groups -OCH3 is 1. The van der Waals surface area contributed by atoms with Crippen molar-refractivity contribution in [1.82, 2.24) is 9.97 Å². The van der Waals surface area contributed by atoms with Crippen LogP contribution in [0, 0.1) is 0 Å². The molecule has 0 fully saturated rings. The maximum atomic E-state index is 5.62. The molecule has 0 saturated carbocycles. The standard InChI is InChI=1S/C11H8N2O2/c1-14-8-4-2-3-7-10-9(15-11(7)8)5-12-6-13-10/h2-6H,1H3. The van der Waals surface area contributed by atoms with Crippen molar-refractivity contribution in [2.45, 2.75) is 0 Å². The van der Waals surface area contributed by atoms with E-state index in [0.29, 0.717) is 11.3 Å². The van der Waals surface area contributed by atoms with Gasteiger partial charge in [-0.3, -0.25) is 0 Å². The highest BCUT2D eigenvalue weighted by Crippen LogP contribution is 2.32. The van der Waals surface area contributed by atoms with E-state index in [1.165, 1.54) is 6.33 Å².